The predicted molar refractivity (Wildman–Crippen MR) is 104 cm³/mol. The predicted octanol–water partition coefficient (Wildman–Crippen LogP) is 2.56. The Morgan fingerprint density at radius 1 is 1.14 bits per heavy atom. The number of benzene rings is 1. The van der Waals surface area contributed by atoms with E-state index in [1.165, 1.54) is 28.0 Å². The van der Waals surface area contributed by atoms with Gasteiger partial charge >= 0.3 is 5.97 Å². The van der Waals surface area contributed by atoms with Crippen LogP contribution in [0.2, 0.25) is 0 Å². The summed E-state index contributed by atoms with van der Waals surface area (Å²) in [6.45, 7) is 2.16. The molecule has 8 heteroatoms. The molecule has 0 spiro atoms. The van der Waals surface area contributed by atoms with Gasteiger partial charge in [-0.05, 0) is 36.6 Å². The van der Waals surface area contributed by atoms with Gasteiger partial charge < -0.3 is 4.74 Å². The number of nitrogens with zero attached hydrogens (tertiary/aromatic N) is 5. The van der Waals surface area contributed by atoms with E-state index in [9.17, 15) is 9.59 Å². The van der Waals surface area contributed by atoms with Gasteiger partial charge in [0.2, 0.25) is 0 Å². The Morgan fingerprint density at radius 2 is 1.93 bits per heavy atom. The van der Waals surface area contributed by atoms with Crippen LogP contribution in [0.5, 0.6) is 0 Å². The summed E-state index contributed by atoms with van der Waals surface area (Å²) in [6.07, 6.45) is 6.33. The highest BCUT2D eigenvalue weighted by Gasteiger charge is 2.18. The van der Waals surface area contributed by atoms with Gasteiger partial charge in [-0.15, -0.1) is 10.2 Å². The van der Waals surface area contributed by atoms with Crippen LogP contribution in [-0.2, 0) is 11.2 Å². The first-order valence-corrected chi connectivity index (χ1v) is 9.07. The highest BCUT2D eigenvalue weighted by atomic mass is 16.5. The fourth-order valence-corrected chi connectivity index (χ4v) is 3.15. The van der Waals surface area contributed by atoms with Crippen LogP contribution in [0.4, 0.5) is 0 Å². The Kier molecular flexibility index (Phi) is 4.60. The van der Waals surface area contributed by atoms with Crippen molar-refractivity contribution in [3.8, 4) is 5.69 Å². The second kappa shape index (κ2) is 7.22. The molecule has 142 valence electrons. The molecule has 0 atom stereocenters. The summed E-state index contributed by atoms with van der Waals surface area (Å²) in [5, 5.41) is 12.2. The Balaban J connectivity index is 1.80. The van der Waals surface area contributed by atoms with Crippen molar-refractivity contribution in [3.05, 3.63) is 64.2 Å². The highest BCUT2D eigenvalue weighted by molar-refractivity contribution is 5.96. The molecule has 0 fully saturated rings. The van der Waals surface area contributed by atoms with E-state index < -0.39 is 5.97 Å². The van der Waals surface area contributed by atoms with Crippen LogP contribution in [0.3, 0.4) is 0 Å². The molecule has 0 radical (unpaired) electrons. The van der Waals surface area contributed by atoms with Crippen molar-refractivity contribution in [1.82, 2.24) is 24.4 Å². The standard InChI is InChI=1S/C20H19N5O3/c1-3-4-5-13-6-8-14(9-7-13)24-11-10-16-17(19(24)26)22-23-18-15(20(27)28-2)12-21-25(16)18/h6-12H,3-5H2,1-2H3. The zero-order valence-corrected chi connectivity index (χ0v) is 15.6. The number of aromatic nitrogens is 5. The fourth-order valence-electron chi connectivity index (χ4n) is 3.15. The average molecular weight is 377 g/mol. The first kappa shape index (κ1) is 17.8. The number of aryl methyl sites for hydroxylation is 1. The van der Waals surface area contributed by atoms with Crippen molar-refractivity contribution in [2.75, 3.05) is 7.11 Å². The van der Waals surface area contributed by atoms with Crippen LogP contribution in [-0.4, -0.2) is 37.5 Å². The van der Waals surface area contributed by atoms with Crippen LogP contribution >= 0.6 is 0 Å². The van der Waals surface area contributed by atoms with E-state index in [2.05, 4.69) is 22.2 Å². The number of hydrogen-bond donors (Lipinski definition) is 0. The van der Waals surface area contributed by atoms with Crippen LogP contribution < -0.4 is 5.56 Å². The molecule has 1 aromatic carbocycles. The Labute approximate surface area is 160 Å². The van der Waals surface area contributed by atoms with Gasteiger partial charge in [0, 0.05) is 11.9 Å². The van der Waals surface area contributed by atoms with E-state index in [0.717, 1.165) is 24.9 Å². The van der Waals surface area contributed by atoms with E-state index in [1.807, 2.05) is 24.3 Å². The molecule has 4 rings (SSSR count). The van der Waals surface area contributed by atoms with Crippen LogP contribution in [0.25, 0.3) is 22.4 Å². The first-order chi connectivity index (χ1) is 13.6. The molecule has 0 saturated heterocycles. The molecule has 3 heterocycles. The summed E-state index contributed by atoms with van der Waals surface area (Å²) in [7, 11) is 1.28. The second-order valence-electron chi connectivity index (χ2n) is 6.48. The largest absolute Gasteiger partial charge is 0.465 e. The zero-order chi connectivity index (χ0) is 19.7. The maximum Gasteiger partial charge on any atom is 0.343 e. The van der Waals surface area contributed by atoms with Crippen molar-refractivity contribution in [2.45, 2.75) is 26.2 Å². The molecule has 0 saturated carbocycles. The SMILES string of the molecule is CCCCc1ccc(-n2ccc3c(nnc4c(C(=O)OC)cnn43)c2=O)cc1. The minimum Gasteiger partial charge on any atom is -0.465 e. The summed E-state index contributed by atoms with van der Waals surface area (Å²) < 4.78 is 7.67. The summed E-state index contributed by atoms with van der Waals surface area (Å²) in [6, 6.07) is 9.65. The molecule has 0 bridgehead atoms. The third-order valence-corrected chi connectivity index (χ3v) is 4.70. The lowest BCUT2D eigenvalue weighted by Crippen LogP contribution is -2.20. The number of esters is 1. The minimum atomic E-state index is -0.555. The molecule has 28 heavy (non-hydrogen) atoms. The third-order valence-electron chi connectivity index (χ3n) is 4.70. The third kappa shape index (κ3) is 2.92. The second-order valence-corrected chi connectivity index (χ2v) is 6.48. The zero-order valence-electron chi connectivity index (χ0n) is 15.6. The lowest BCUT2D eigenvalue weighted by Gasteiger charge is -2.08. The molecule has 0 amide bonds. The van der Waals surface area contributed by atoms with E-state index in [0.29, 0.717) is 5.52 Å². The summed E-state index contributed by atoms with van der Waals surface area (Å²) in [5.74, 6) is -0.555. The van der Waals surface area contributed by atoms with Gasteiger partial charge in [0.05, 0.1) is 13.3 Å². The van der Waals surface area contributed by atoms with Crippen molar-refractivity contribution >= 4 is 22.6 Å². The first-order valence-electron chi connectivity index (χ1n) is 9.07. The Morgan fingerprint density at radius 3 is 2.64 bits per heavy atom. The van der Waals surface area contributed by atoms with Gasteiger partial charge in [-0.1, -0.05) is 25.5 Å². The van der Waals surface area contributed by atoms with Crippen LogP contribution in [0, 0.1) is 0 Å². The number of methoxy groups -OCH3 is 1. The number of carbonyl (C=O) groups excluding carboxylic acids is 1. The molecule has 0 N–H and O–H groups in total. The number of hydrogen-bond acceptors (Lipinski definition) is 6. The number of fused-ring (bicyclic) bond motifs is 3. The average Bonchev–Trinajstić information content (AvgIpc) is 3.17. The van der Waals surface area contributed by atoms with Gasteiger partial charge in [0.15, 0.2) is 11.2 Å². The highest BCUT2D eigenvalue weighted by Crippen LogP contribution is 2.16. The Hall–Kier alpha value is -3.55. The van der Waals surface area contributed by atoms with Crippen molar-refractivity contribution in [1.29, 1.82) is 0 Å². The van der Waals surface area contributed by atoms with Gasteiger partial charge in [0.1, 0.15) is 11.1 Å². The quantitative estimate of drug-likeness (QED) is 0.497. The Bertz CT molecular complexity index is 1220. The van der Waals surface area contributed by atoms with Crippen LogP contribution in [0.1, 0.15) is 35.7 Å². The summed E-state index contributed by atoms with van der Waals surface area (Å²) >= 11 is 0. The van der Waals surface area contributed by atoms with Gasteiger partial charge in [-0.2, -0.15) is 5.10 Å². The molecule has 0 unspecified atom stereocenters. The maximum absolute atomic E-state index is 13.0. The summed E-state index contributed by atoms with van der Waals surface area (Å²) in [5.41, 5.74) is 2.78. The van der Waals surface area contributed by atoms with Crippen LogP contribution in [0.15, 0.2) is 47.5 Å². The number of ether oxygens (including phenoxy) is 1. The summed E-state index contributed by atoms with van der Waals surface area (Å²) in [4.78, 5) is 24.8. The van der Waals surface area contributed by atoms with E-state index >= 15 is 0 Å². The molecule has 0 aliphatic heterocycles. The molecule has 3 aromatic heterocycles. The lowest BCUT2D eigenvalue weighted by molar-refractivity contribution is 0.0602. The number of carbonyl (C=O) groups is 1. The monoisotopic (exact) mass is 377 g/mol. The van der Waals surface area contributed by atoms with E-state index in [4.69, 9.17) is 4.74 Å². The van der Waals surface area contributed by atoms with Crippen molar-refractivity contribution < 1.29 is 9.53 Å². The molecular formula is C20H19N5O3. The van der Waals surface area contributed by atoms with Crippen molar-refractivity contribution in [3.63, 3.8) is 0 Å². The van der Waals surface area contributed by atoms with Gasteiger partial charge in [-0.25, -0.2) is 9.31 Å². The molecular weight excluding hydrogens is 358 g/mol. The molecule has 4 aromatic rings. The molecule has 0 aliphatic rings. The topological polar surface area (TPSA) is 91.4 Å². The van der Waals surface area contributed by atoms with Gasteiger partial charge in [-0.3, -0.25) is 9.36 Å². The fraction of sp³-hybridized carbons (Fsp3) is 0.250. The number of unbranched alkanes of at least 4 members (excludes halogenated alkanes) is 1. The minimum absolute atomic E-state index is 0.171. The molecule has 0 aliphatic carbocycles. The van der Waals surface area contributed by atoms with E-state index in [-0.39, 0.29) is 22.3 Å². The van der Waals surface area contributed by atoms with Crippen molar-refractivity contribution in [2.24, 2.45) is 0 Å². The normalized spacial score (nSPS) is 11.2. The number of pyridine rings is 1. The maximum atomic E-state index is 13.0. The smallest absolute Gasteiger partial charge is 0.343 e. The van der Waals surface area contributed by atoms with E-state index in [1.54, 1.807) is 12.3 Å². The molecule has 8 nitrogen and oxygen atoms in total. The van der Waals surface area contributed by atoms with Gasteiger partial charge in [0.25, 0.3) is 5.56 Å². The lowest BCUT2D eigenvalue weighted by atomic mass is 10.1. The number of rotatable bonds is 5.